The minimum Gasteiger partial charge on any atom is -0.383 e. The molecule has 1 aromatic rings. The molecule has 0 amide bonds. The van der Waals surface area contributed by atoms with Crippen LogP contribution in [0, 0.1) is 0 Å². The van der Waals surface area contributed by atoms with Crippen LogP contribution in [-0.2, 0) is 4.74 Å². The van der Waals surface area contributed by atoms with E-state index in [1.165, 1.54) is 0 Å². The SMILES string of the molecule is COCCN(CCBr)c1cnccn1. The van der Waals surface area contributed by atoms with E-state index in [-0.39, 0.29) is 0 Å². The van der Waals surface area contributed by atoms with E-state index in [2.05, 4.69) is 30.8 Å². The number of ether oxygens (including phenoxy) is 1. The number of hydrogen-bond donors (Lipinski definition) is 0. The smallest absolute Gasteiger partial charge is 0.147 e. The largest absolute Gasteiger partial charge is 0.383 e. The molecule has 0 bridgehead atoms. The first-order valence-corrected chi connectivity index (χ1v) is 5.56. The summed E-state index contributed by atoms with van der Waals surface area (Å²) in [7, 11) is 1.70. The third-order valence-electron chi connectivity index (χ3n) is 1.79. The number of halogens is 1. The summed E-state index contributed by atoms with van der Waals surface area (Å²) in [5.74, 6) is 0.893. The van der Waals surface area contributed by atoms with Crippen molar-refractivity contribution in [2.24, 2.45) is 0 Å². The Morgan fingerprint density at radius 3 is 2.86 bits per heavy atom. The molecule has 0 radical (unpaired) electrons. The summed E-state index contributed by atoms with van der Waals surface area (Å²) in [5.41, 5.74) is 0. The summed E-state index contributed by atoms with van der Waals surface area (Å²) in [6, 6.07) is 0. The van der Waals surface area contributed by atoms with Gasteiger partial charge in [-0.1, -0.05) is 15.9 Å². The van der Waals surface area contributed by atoms with Crippen molar-refractivity contribution in [1.29, 1.82) is 0 Å². The van der Waals surface area contributed by atoms with Gasteiger partial charge in [0.2, 0.25) is 0 Å². The molecule has 4 nitrogen and oxygen atoms in total. The van der Waals surface area contributed by atoms with Crippen LogP contribution in [0.1, 0.15) is 0 Å². The standard InChI is InChI=1S/C9H14BrN3O/c1-14-7-6-13(5-2-10)9-8-11-3-4-12-9/h3-4,8H,2,5-7H2,1H3. The fourth-order valence-electron chi connectivity index (χ4n) is 1.10. The van der Waals surface area contributed by atoms with Gasteiger partial charge in [0.1, 0.15) is 5.82 Å². The molecule has 0 unspecified atom stereocenters. The van der Waals surface area contributed by atoms with E-state index in [1.807, 2.05) is 0 Å². The minimum atomic E-state index is 0.698. The average Bonchev–Trinajstić information content (AvgIpc) is 2.25. The summed E-state index contributed by atoms with van der Waals surface area (Å²) in [4.78, 5) is 10.4. The highest BCUT2D eigenvalue weighted by atomic mass is 79.9. The molecule has 0 saturated heterocycles. The van der Waals surface area contributed by atoms with E-state index in [0.717, 1.165) is 24.2 Å². The van der Waals surface area contributed by atoms with Crippen LogP contribution in [-0.4, -0.2) is 42.1 Å². The molecule has 5 heteroatoms. The van der Waals surface area contributed by atoms with Crippen molar-refractivity contribution in [1.82, 2.24) is 9.97 Å². The lowest BCUT2D eigenvalue weighted by molar-refractivity contribution is 0.205. The maximum Gasteiger partial charge on any atom is 0.147 e. The van der Waals surface area contributed by atoms with Gasteiger partial charge in [0.05, 0.1) is 12.8 Å². The summed E-state index contributed by atoms with van der Waals surface area (Å²) in [6.45, 7) is 2.44. The van der Waals surface area contributed by atoms with E-state index in [9.17, 15) is 0 Å². The van der Waals surface area contributed by atoms with Gasteiger partial charge in [-0.2, -0.15) is 0 Å². The number of rotatable bonds is 6. The second-order valence-corrected chi connectivity index (χ2v) is 3.53. The maximum atomic E-state index is 5.03. The van der Waals surface area contributed by atoms with Crippen LogP contribution in [0.4, 0.5) is 5.82 Å². The Labute approximate surface area is 92.4 Å². The summed E-state index contributed by atoms with van der Waals surface area (Å²) in [6.07, 6.45) is 5.13. The predicted molar refractivity (Wildman–Crippen MR) is 59.9 cm³/mol. The van der Waals surface area contributed by atoms with Crippen molar-refractivity contribution >= 4 is 21.7 Å². The second kappa shape index (κ2) is 6.73. The molecule has 0 spiro atoms. The first-order chi connectivity index (χ1) is 6.88. The first kappa shape index (κ1) is 11.4. The molecule has 0 atom stereocenters. The molecule has 0 aliphatic rings. The highest BCUT2D eigenvalue weighted by molar-refractivity contribution is 9.09. The molecular formula is C9H14BrN3O. The first-order valence-electron chi connectivity index (χ1n) is 4.44. The minimum absolute atomic E-state index is 0.698. The van der Waals surface area contributed by atoms with E-state index < -0.39 is 0 Å². The van der Waals surface area contributed by atoms with Gasteiger partial charge in [0.15, 0.2) is 0 Å². The number of anilines is 1. The Hall–Kier alpha value is -0.680. The highest BCUT2D eigenvalue weighted by Gasteiger charge is 2.05. The van der Waals surface area contributed by atoms with Gasteiger partial charge in [0.25, 0.3) is 0 Å². The predicted octanol–water partition coefficient (Wildman–Crippen LogP) is 1.32. The van der Waals surface area contributed by atoms with Crippen LogP contribution in [0.2, 0.25) is 0 Å². The van der Waals surface area contributed by atoms with Gasteiger partial charge < -0.3 is 9.64 Å². The Bertz CT molecular complexity index is 245. The van der Waals surface area contributed by atoms with E-state index in [4.69, 9.17) is 4.74 Å². The fraction of sp³-hybridized carbons (Fsp3) is 0.556. The fourth-order valence-corrected chi connectivity index (χ4v) is 1.53. The maximum absolute atomic E-state index is 5.03. The molecule has 0 fully saturated rings. The normalized spacial score (nSPS) is 10.1. The van der Waals surface area contributed by atoms with Crippen LogP contribution < -0.4 is 4.90 Å². The molecule has 1 aromatic heterocycles. The van der Waals surface area contributed by atoms with Crippen molar-refractivity contribution < 1.29 is 4.74 Å². The van der Waals surface area contributed by atoms with Crippen LogP contribution in [0.25, 0.3) is 0 Å². The molecular weight excluding hydrogens is 246 g/mol. The van der Waals surface area contributed by atoms with Crippen molar-refractivity contribution in [2.45, 2.75) is 0 Å². The van der Waals surface area contributed by atoms with Crippen LogP contribution in [0.3, 0.4) is 0 Å². The number of alkyl halides is 1. The lowest BCUT2D eigenvalue weighted by Crippen LogP contribution is -2.29. The number of nitrogens with zero attached hydrogens (tertiary/aromatic N) is 3. The topological polar surface area (TPSA) is 38.2 Å². The van der Waals surface area contributed by atoms with Crippen LogP contribution in [0.5, 0.6) is 0 Å². The summed E-state index contributed by atoms with van der Waals surface area (Å²) < 4.78 is 5.03. The lowest BCUT2D eigenvalue weighted by Gasteiger charge is -2.21. The highest BCUT2D eigenvalue weighted by Crippen LogP contribution is 2.07. The third-order valence-corrected chi connectivity index (χ3v) is 2.15. The van der Waals surface area contributed by atoms with E-state index in [0.29, 0.717) is 6.61 Å². The molecule has 0 N–H and O–H groups in total. The van der Waals surface area contributed by atoms with E-state index >= 15 is 0 Å². The molecule has 14 heavy (non-hydrogen) atoms. The van der Waals surface area contributed by atoms with Crippen molar-refractivity contribution in [3.63, 3.8) is 0 Å². The van der Waals surface area contributed by atoms with Crippen LogP contribution >= 0.6 is 15.9 Å². The number of hydrogen-bond acceptors (Lipinski definition) is 4. The Balaban J connectivity index is 2.58. The molecule has 1 heterocycles. The summed E-state index contributed by atoms with van der Waals surface area (Å²) in [5, 5.41) is 0.910. The molecule has 1 rings (SSSR count). The van der Waals surface area contributed by atoms with Gasteiger partial charge in [-0.3, -0.25) is 4.98 Å². The van der Waals surface area contributed by atoms with Gasteiger partial charge in [-0.05, 0) is 0 Å². The van der Waals surface area contributed by atoms with Gasteiger partial charge >= 0.3 is 0 Å². The number of methoxy groups -OCH3 is 1. The Morgan fingerprint density at radius 1 is 1.43 bits per heavy atom. The van der Waals surface area contributed by atoms with E-state index in [1.54, 1.807) is 25.7 Å². The Kier molecular flexibility index (Phi) is 5.47. The molecule has 0 aromatic carbocycles. The van der Waals surface area contributed by atoms with Crippen molar-refractivity contribution in [3.8, 4) is 0 Å². The zero-order valence-corrected chi connectivity index (χ0v) is 9.77. The Morgan fingerprint density at radius 2 is 2.29 bits per heavy atom. The third kappa shape index (κ3) is 3.59. The van der Waals surface area contributed by atoms with Crippen molar-refractivity contribution in [3.05, 3.63) is 18.6 Å². The van der Waals surface area contributed by atoms with Gasteiger partial charge in [0, 0.05) is 37.9 Å². The van der Waals surface area contributed by atoms with Crippen molar-refractivity contribution in [2.75, 3.05) is 37.0 Å². The zero-order chi connectivity index (χ0) is 10.2. The molecule has 0 aliphatic carbocycles. The second-order valence-electron chi connectivity index (χ2n) is 2.73. The lowest BCUT2D eigenvalue weighted by atomic mass is 10.5. The molecule has 0 saturated carbocycles. The zero-order valence-electron chi connectivity index (χ0n) is 8.19. The summed E-state index contributed by atoms with van der Waals surface area (Å²) >= 11 is 3.41. The molecule has 0 aliphatic heterocycles. The molecule has 78 valence electrons. The monoisotopic (exact) mass is 259 g/mol. The van der Waals surface area contributed by atoms with Gasteiger partial charge in [-0.25, -0.2) is 4.98 Å². The average molecular weight is 260 g/mol. The number of aromatic nitrogens is 2. The van der Waals surface area contributed by atoms with Crippen LogP contribution in [0.15, 0.2) is 18.6 Å². The van der Waals surface area contributed by atoms with Gasteiger partial charge in [-0.15, -0.1) is 0 Å². The quantitative estimate of drug-likeness (QED) is 0.723.